The van der Waals surface area contributed by atoms with E-state index in [0.29, 0.717) is 18.4 Å². The zero-order valence-corrected chi connectivity index (χ0v) is 31.5. The van der Waals surface area contributed by atoms with Crippen molar-refractivity contribution in [3.05, 3.63) is 129 Å². The number of rotatable bonds is 15. The molecule has 0 aliphatic carbocycles. The zero-order valence-electron chi connectivity index (χ0n) is 29.9. The number of nitrogens with zero attached hydrogens (tertiary/aromatic N) is 8. The number of allylic oxidation sites excluding steroid dienone is 1. The summed E-state index contributed by atoms with van der Waals surface area (Å²) in [5, 5.41) is 12.0. The number of aromatic amines is 2. The van der Waals surface area contributed by atoms with Crippen LogP contribution in [0, 0.1) is 12.3 Å². The lowest BCUT2D eigenvalue weighted by atomic mass is 10.1. The van der Waals surface area contributed by atoms with Crippen LogP contribution in [0.2, 0.25) is 0 Å². The van der Waals surface area contributed by atoms with Gasteiger partial charge in [-0.25, -0.2) is 14.6 Å². The highest BCUT2D eigenvalue weighted by molar-refractivity contribution is 5.85. The van der Waals surface area contributed by atoms with E-state index >= 15 is 0 Å². The molecule has 0 amide bonds. The predicted octanol–water partition coefficient (Wildman–Crippen LogP) is 9.47. The Bertz CT molecular complexity index is 1830. The first-order chi connectivity index (χ1) is 24.3. The smallest absolute Gasteiger partial charge is 0.197 e. The number of nitrogen functional groups attached to an aromatic ring is 2. The van der Waals surface area contributed by atoms with Crippen molar-refractivity contribution < 1.29 is 0 Å². The molecule has 53 heavy (non-hydrogen) atoms. The molecule has 0 fully saturated rings. The van der Waals surface area contributed by atoms with Crippen LogP contribution in [0.4, 0.5) is 11.9 Å². The summed E-state index contributed by atoms with van der Waals surface area (Å²) in [6.45, 7) is 5.26. The Morgan fingerprint density at radius 3 is 1.83 bits per heavy atom. The van der Waals surface area contributed by atoms with Gasteiger partial charge in [-0.1, -0.05) is 102 Å². The Balaban J connectivity index is 0.000000823. The third-order valence-corrected chi connectivity index (χ3v) is 7.25. The molecule has 0 saturated carbocycles. The molecule has 0 spiro atoms. The average molecular weight is 762 g/mol. The van der Waals surface area contributed by atoms with Gasteiger partial charge in [-0.15, -0.1) is 42.3 Å². The molecule has 3 aromatic heterocycles. The standard InChI is InChI=1S/C19H24N6.C10H11N3.C9H13N3.CH4.2ClH/c1-15(11-16-7-3-2-4-8-16)13-25-14-18(23-24-25)10-6-5-9-17-12-21-19(20)22-17;1-9(8-12-13-11)7-10-5-3-2-4-6-10;1-2-3-4-5-6-8-7-11-9(10)12-8;;;/h2-4,7-8,11-12,14H,5-6,9-10,13H2,1H3,(H3,20,21,22);2-7H,8H2,1H3;1,7H,3-6H2,(H3,10,11,12);1H4;2*1H/b15-11+;9-7+;;;;. The van der Waals surface area contributed by atoms with Gasteiger partial charge in [-0.3, -0.25) is 0 Å². The van der Waals surface area contributed by atoms with Gasteiger partial charge in [-0.2, -0.15) is 0 Å². The third kappa shape index (κ3) is 20.8. The molecule has 6 N–H and O–H groups in total. The normalized spacial score (nSPS) is 10.4. The Labute approximate surface area is 326 Å². The summed E-state index contributed by atoms with van der Waals surface area (Å²) in [5.41, 5.74) is 27.0. The Hall–Kier alpha value is -5.47. The van der Waals surface area contributed by atoms with E-state index in [4.69, 9.17) is 23.4 Å². The molecule has 0 aliphatic heterocycles. The lowest BCUT2D eigenvalue weighted by Gasteiger charge is -2.01. The molecule has 14 heteroatoms. The fraction of sp³-hybridized carbons (Fsp3) is 0.333. The molecule has 12 nitrogen and oxygen atoms in total. The van der Waals surface area contributed by atoms with Crippen molar-refractivity contribution in [3.63, 3.8) is 0 Å². The Kier molecular flexibility index (Phi) is 25.3. The maximum Gasteiger partial charge on any atom is 0.197 e. The van der Waals surface area contributed by atoms with Crippen molar-refractivity contribution in [3.8, 4) is 12.3 Å². The lowest BCUT2D eigenvalue weighted by Crippen LogP contribution is -1.99. The molecule has 2 aromatic carbocycles. The fourth-order valence-corrected chi connectivity index (χ4v) is 4.86. The number of benzene rings is 2. The molecule has 0 radical (unpaired) electrons. The van der Waals surface area contributed by atoms with E-state index in [9.17, 15) is 0 Å². The molecule has 0 atom stereocenters. The summed E-state index contributed by atoms with van der Waals surface area (Å²) in [6, 6.07) is 20.3. The van der Waals surface area contributed by atoms with Gasteiger partial charge < -0.3 is 21.4 Å². The van der Waals surface area contributed by atoms with Crippen LogP contribution >= 0.6 is 24.8 Å². The van der Waals surface area contributed by atoms with Gasteiger partial charge in [0.15, 0.2) is 11.9 Å². The van der Waals surface area contributed by atoms with Crippen molar-refractivity contribution in [2.24, 2.45) is 5.11 Å². The second-order valence-electron chi connectivity index (χ2n) is 11.8. The van der Waals surface area contributed by atoms with E-state index in [1.165, 1.54) is 11.1 Å². The highest BCUT2D eigenvalue weighted by Crippen LogP contribution is 2.11. The first-order valence-corrected chi connectivity index (χ1v) is 16.7. The molecule has 5 aromatic rings. The number of imidazole rings is 2. The number of aryl methyl sites for hydroxylation is 3. The molecule has 5 rings (SSSR count). The van der Waals surface area contributed by atoms with Crippen LogP contribution < -0.4 is 11.5 Å². The van der Waals surface area contributed by atoms with Crippen LogP contribution in [0.5, 0.6) is 0 Å². The summed E-state index contributed by atoms with van der Waals surface area (Å²) in [5.74, 6) is 3.58. The molecule has 3 heterocycles. The highest BCUT2D eigenvalue weighted by Gasteiger charge is 2.03. The quantitative estimate of drug-likeness (QED) is 0.0270. The molecule has 0 aliphatic rings. The first kappa shape index (κ1) is 47.5. The minimum absolute atomic E-state index is 0. The second kappa shape index (κ2) is 28.2. The number of nitrogens with one attached hydrogen (secondary N) is 2. The molecule has 0 bridgehead atoms. The van der Waals surface area contributed by atoms with Gasteiger partial charge in [0.25, 0.3) is 0 Å². The van der Waals surface area contributed by atoms with E-state index in [-0.39, 0.29) is 32.2 Å². The molecule has 0 unspecified atom stereocenters. The van der Waals surface area contributed by atoms with Gasteiger partial charge in [0.05, 0.1) is 24.6 Å². The minimum atomic E-state index is 0. The van der Waals surface area contributed by atoms with Crippen LogP contribution in [0.3, 0.4) is 0 Å². The minimum Gasteiger partial charge on any atom is -0.369 e. The summed E-state index contributed by atoms with van der Waals surface area (Å²) < 4.78 is 1.90. The van der Waals surface area contributed by atoms with Crippen molar-refractivity contribution in [2.75, 3.05) is 18.0 Å². The summed E-state index contributed by atoms with van der Waals surface area (Å²) >= 11 is 0. The van der Waals surface area contributed by atoms with Crippen LogP contribution in [0.25, 0.3) is 22.6 Å². The van der Waals surface area contributed by atoms with Crippen molar-refractivity contribution in [1.29, 1.82) is 0 Å². The molecular formula is C39H54Cl2N12. The Morgan fingerprint density at radius 2 is 1.34 bits per heavy atom. The van der Waals surface area contributed by atoms with E-state index in [1.54, 1.807) is 12.4 Å². The van der Waals surface area contributed by atoms with Gasteiger partial charge in [0.2, 0.25) is 0 Å². The predicted molar refractivity (Wildman–Crippen MR) is 224 cm³/mol. The third-order valence-electron chi connectivity index (χ3n) is 7.25. The van der Waals surface area contributed by atoms with Crippen molar-refractivity contribution in [2.45, 2.75) is 79.2 Å². The van der Waals surface area contributed by atoms with Gasteiger partial charge in [0.1, 0.15) is 0 Å². The maximum atomic E-state index is 8.11. The number of unbranched alkanes of at least 4 members (excludes halogenated alkanes) is 3. The second-order valence-corrected chi connectivity index (χ2v) is 11.8. The summed E-state index contributed by atoms with van der Waals surface area (Å²) in [7, 11) is 0. The van der Waals surface area contributed by atoms with Gasteiger partial charge >= 0.3 is 0 Å². The number of hydrogen-bond acceptors (Lipinski definition) is 7. The lowest BCUT2D eigenvalue weighted by molar-refractivity contribution is 0.643. The monoisotopic (exact) mass is 760 g/mol. The largest absolute Gasteiger partial charge is 0.369 e. The number of H-pyrrole nitrogens is 2. The van der Waals surface area contributed by atoms with Crippen molar-refractivity contribution >= 4 is 48.9 Å². The van der Waals surface area contributed by atoms with E-state index in [1.807, 2.05) is 72.4 Å². The fourth-order valence-electron chi connectivity index (χ4n) is 4.86. The van der Waals surface area contributed by atoms with E-state index in [2.05, 4.69) is 71.3 Å². The van der Waals surface area contributed by atoms with Crippen LogP contribution in [-0.2, 0) is 25.8 Å². The van der Waals surface area contributed by atoms with Crippen molar-refractivity contribution in [1.82, 2.24) is 34.9 Å². The number of hydrogen-bond donors (Lipinski definition) is 4. The number of halogens is 2. The molecular weight excluding hydrogens is 707 g/mol. The van der Waals surface area contributed by atoms with E-state index in [0.717, 1.165) is 86.1 Å². The average Bonchev–Trinajstić information content (AvgIpc) is 3.87. The number of terminal acetylenes is 1. The van der Waals surface area contributed by atoms with Gasteiger partial charge in [-0.05, 0) is 75.5 Å². The number of azide groups is 1. The molecule has 284 valence electrons. The molecule has 0 saturated heterocycles. The van der Waals surface area contributed by atoms with Crippen LogP contribution in [0.15, 0.2) is 95.5 Å². The number of nitrogens with two attached hydrogens (primary N) is 2. The summed E-state index contributed by atoms with van der Waals surface area (Å²) in [6.07, 6.45) is 22.9. The van der Waals surface area contributed by atoms with Crippen LogP contribution in [-0.4, -0.2) is 41.5 Å². The topological polar surface area (TPSA) is 189 Å². The summed E-state index contributed by atoms with van der Waals surface area (Å²) in [4.78, 5) is 16.6. The SMILES string of the molecule is C.C#CCCCCc1cnc(N)[nH]1.C/C(=C\c1ccccc1)CN=[N+]=[N-].C/C(=C\c1ccccc1)Cn1cc(CCCCc2cnc(N)[nH]2)nn1.Cl.Cl. The number of aromatic nitrogens is 7. The zero-order chi connectivity index (χ0) is 35.8. The first-order valence-electron chi connectivity index (χ1n) is 16.7. The maximum absolute atomic E-state index is 8.11. The highest BCUT2D eigenvalue weighted by atomic mass is 35.5. The van der Waals surface area contributed by atoms with Crippen LogP contribution in [0.1, 0.15) is 81.6 Å². The van der Waals surface area contributed by atoms with Gasteiger partial charge in [0, 0.05) is 35.5 Å². The Morgan fingerprint density at radius 1 is 0.830 bits per heavy atom. The van der Waals surface area contributed by atoms with E-state index < -0.39 is 0 Å². The number of anilines is 2.